The predicted molar refractivity (Wildman–Crippen MR) is 92.6 cm³/mol. The molecule has 7 heteroatoms. The lowest BCUT2D eigenvalue weighted by Gasteiger charge is -2.08. The van der Waals surface area contributed by atoms with Gasteiger partial charge in [-0.05, 0) is 42.8 Å². The van der Waals surface area contributed by atoms with Gasteiger partial charge in [-0.15, -0.1) is 0 Å². The maximum absolute atomic E-state index is 13.4. The predicted octanol–water partition coefficient (Wildman–Crippen LogP) is 3.56. The maximum atomic E-state index is 13.4. The molecule has 0 aromatic heterocycles. The highest BCUT2D eigenvalue weighted by molar-refractivity contribution is 5.92. The largest absolute Gasteiger partial charge is 0.481 e. The Hall–Kier alpha value is -3.22. The normalized spacial score (nSPS) is 10.6. The van der Waals surface area contributed by atoms with Crippen LogP contribution in [0.2, 0.25) is 0 Å². The highest BCUT2D eigenvalue weighted by Crippen LogP contribution is 2.17. The number of hydrogen-bond donors (Lipinski definition) is 1. The van der Waals surface area contributed by atoms with Gasteiger partial charge in [0.05, 0.1) is 6.61 Å². The Balaban J connectivity index is 1.86. The second kappa shape index (κ2) is 9.31. The number of hydrogen-bond acceptors (Lipinski definition) is 4. The molecule has 2 aromatic carbocycles. The van der Waals surface area contributed by atoms with E-state index in [0.29, 0.717) is 18.4 Å². The molecule has 1 N–H and O–H groups in total. The van der Waals surface area contributed by atoms with Crippen molar-refractivity contribution in [1.29, 1.82) is 0 Å². The summed E-state index contributed by atoms with van der Waals surface area (Å²) in [6, 6.07) is 9.51. The summed E-state index contributed by atoms with van der Waals surface area (Å²) in [5.74, 6) is -2.74. The van der Waals surface area contributed by atoms with E-state index in [0.717, 1.165) is 17.7 Å². The van der Waals surface area contributed by atoms with E-state index in [1.165, 1.54) is 6.08 Å². The molecule has 1 amide bonds. The van der Waals surface area contributed by atoms with E-state index < -0.39 is 30.1 Å². The molecule has 0 bridgehead atoms. The SMILES string of the molecule is CCOC(=O)/C=C/c1ccc(NC(=O)COc2ccc(F)cc2F)cc1. The molecule has 0 saturated carbocycles. The van der Waals surface area contributed by atoms with Gasteiger partial charge < -0.3 is 14.8 Å². The van der Waals surface area contributed by atoms with Crippen LogP contribution in [0.15, 0.2) is 48.5 Å². The average molecular weight is 361 g/mol. The van der Waals surface area contributed by atoms with Gasteiger partial charge in [0.1, 0.15) is 5.82 Å². The molecule has 5 nitrogen and oxygen atoms in total. The number of rotatable bonds is 7. The Morgan fingerprint density at radius 2 is 1.85 bits per heavy atom. The van der Waals surface area contributed by atoms with Gasteiger partial charge in [-0.3, -0.25) is 4.79 Å². The van der Waals surface area contributed by atoms with Gasteiger partial charge in [0.25, 0.3) is 5.91 Å². The van der Waals surface area contributed by atoms with Crippen LogP contribution in [-0.4, -0.2) is 25.1 Å². The summed E-state index contributed by atoms with van der Waals surface area (Å²) >= 11 is 0. The molecule has 0 aliphatic rings. The fraction of sp³-hybridized carbons (Fsp3) is 0.158. The topological polar surface area (TPSA) is 64.6 Å². The third-order valence-electron chi connectivity index (χ3n) is 3.15. The van der Waals surface area contributed by atoms with Crippen LogP contribution in [0.25, 0.3) is 6.08 Å². The molecule has 0 heterocycles. The van der Waals surface area contributed by atoms with Crippen molar-refractivity contribution in [2.45, 2.75) is 6.92 Å². The van der Waals surface area contributed by atoms with Crippen molar-refractivity contribution in [3.8, 4) is 5.75 Å². The highest BCUT2D eigenvalue weighted by Gasteiger charge is 2.08. The third-order valence-corrected chi connectivity index (χ3v) is 3.15. The van der Waals surface area contributed by atoms with Crippen molar-refractivity contribution in [2.75, 3.05) is 18.5 Å². The molecule has 0 fully saturated rings. The fourth-order valence-corrected chi connectivity index (χ4v) is 1.96. The Bertz CT molecular complexity index is 804. The minimum absolute atomic E-state index is 0.207. The van der Waals surface area contributed by atoms with Crippen LogP contribution in [0.3, 0.4) is 0 Å². The van der Waals surface area contributed by atoms with Gasteiger partial charge in [-0.1, -0.05) is 12.1 Å². The van der Waals surface area contributed by atoms with E-state index in [2.05, 4.69) is 5.32 Å². The molecule has 0 spiro atoms. The van der Waals surface area contributed by atoms with E-state index >= 15 is 0 Å². The molecule has 2 rings (SSSR count). The van der Waals surface area contributed by atoms with Crippen LogP contribution >= 0.6 is 0 Å². The molecule has 136 valence electrons. The van der Waals surface area contributed by atoms with Crippen molar-refractivity contribution in [1.82, 2.24) is 0 Å². The number of benzene rings is 2. The number of carbonyl (C=O) groups excluding carboxylic acids is 2. The molecular formula is C19H17F2NO4. The number of nitrogens with one attached hydrogen (secondary N) is 1. The van der Waals surface area contributed by atoms with E-state index in [-0.39, 0.29) is 5.75 Å². The maximum Gasteiger partial charge on any atom is 0.330 e. The number of amides is 1. The number of ether oxygens (including phenoxy) is 2. The summed E-state index contributed by atoms with van der Waals surface area (Å²) in [5.41, 5.74) is 1.26. The molecule has 0 radical (unpaired) electrons. The van der Waals surface area contributed by atoms with Crippen molar-refractivity contribution < 1.29 is 27.8 Å². The summed E-state index contributed by atoms with van der Waals surface area (Å²) < 4.78 is 36.0. The van der Waals surface area contributed by atoms with Gasteiger partial charge in [0.2, 0.25) is 0 Å². The van der Waals surface area contributed by atoms with Crippen LogP contribution < -0.4 is 10.1 Å². The van der Waals surface area contributed by atoms with Gasteiger partial charge in [-0.2, -0.15) is 0 Å². The summed E-state index contributed by atoms with van der Waals surface area (Å²) in [4.78, 5) is 23.1. The van der Waals surface area contributed by atoms with Crippen LogP contribution in [-0.2, 0) is 14.3 Å². The number of halogens is 2. The van der Waals surface area contributed by atoms with Crippen molar-refractivity contribution in [3.63, 3.8) is 0 Å². The second-order valence-corrected chi connectivity index (χ2v) is 5.12. The first kappa shape index (κ1) is 19.1. The first-order chi connectivity index (χ1) is 12.5. The van der Waals surface area contributed by atoms with E-state index in [1.807, 2.05) is 0 Å². The van der Waals surface area contributed by atoms with Gasteiger partial charge in [0, 0.05) is 17.8 Å². The standard InChI is InChI=1S/C19H17F2NO4/c1-2-25-19(24)10-5-13-3-7-15(8-4-13)22-18(23)12-26-17-9-6-14(20)11-16(17)21/h3-11H,2,12H2,1H3,(H,22,23)/b10-5+. The lowest BCUT2D eigenvalue weighted by atomic mass is 10.2. The fourth-order valence-electron chi connectivity index (χ4n) is 1.96. The quantitative estimate of drug-likeness (QED) is 0.605. The highest BCUT2D eigenvalue weighted by atomic mass is 19.1. The molecule has 0 aliphatic carbocycles. The zero-order valence-corrected chi connectivity index (χ0v) is 14.0. The Morgan fingerprint density at radius 1 is 1.12 bits per heavy atom. The van der Waals surface area contributed by atoms with E-state index in [4.69, 9.17) is 9.47 Å². The molecular weight excluding hydrogens is 344 g/mol. The molecule has 0 unspecified atom stereocenters. The number of esters is 1. The molecule has 2 aromatic rings. The Labute approximate surface area is 149 Å². The summed E-state index contributed by atoms with van der Waals surface area (Å²) in [7, 11) is 0. The van der Waals surface area contributed by atoms with Gasteiger partial charge in [0.15, 0.2) is 18.2 Å². The van der Waals surface area contributed by atoms with E-state index in [1.54, 1.807) is 37.3 Å². The van der Waals surface area contributed by atoms with E-state index in [9.17, 15) is 18.4 Å². The van der Waals surface area contributed by atoms with Gasteiger partial charge >= 0.3 is 5.97 Å². The van der Waals surface area contributed by atoms with Crippen molar-refractivity contribution >= 4 is 23.6 Å². The zero-order valence-electron chi connectivity index (χ0n) is 14.0. The Kier molecular flexibility index (Phi) is 6.84. The lowest BCUT2D eigenvalue weighted by Crippen LogP contribution is -2.20. The van der Waals surface area contributed by atoms with Crippen LogP contribution in [0.5, 0.6) is 5.75 Å². The summed E-state index contributed by atoms with van der Waals surface area (Å²) in [5, 5.41) is 2.58. The van der Waals surface area contributed by atoms with Crippen LogP contribution in [0.1, 0.15) is 12.5 Å². The minimum Gasteiger partial charge on any atom is -0.481 e. The van der Waals surface area contributed by atoms with Crippen molar-refractivity contribution in [2.24, 2.45) is 0 Å². The Morgan fingerprint density at radius 3 is 2.50 bits per heavy atom. The van der Waals surface area contributed by atoms with Crippen molar-refractivity contribution in [3.05, 3.63) is 65.7 Å². The molecule has 26 heavy (non-hydrogen) atoms. The summed E-state index contributed by atoms with van der Waals surface area (Å²) in [6.45, 7) is 1.60. The molecule has 0 saturated heterocycles. The number of carbonyl (C=O) groups is 2. The molecule has 0 atom stereocenters. The minimum atomic E-state index is -0.879. The third kappa shape index (κ3) is 6.01. The van der Waals surface area contributed by atoms with Gasteiger partial charge in [-0.25, -0.2) is 13.6 Å². The lowest BCUT2D eigenvalue weighted by molar-refractivity contribution is -0.137. The smallest absolute Gasteiger partial charge is 0.330 e. The van der Waals surface area contributed by atoms with Crippen LogP contribution in [0.4, 0.5) is 14.5 Å². The average Bonchev–Trinajstić information content (AvgIpc) is 2.61. The monoisotopic (exact) mass is 361 g/mol. The summed E-state index contributed by atoms with van der Waals surface area (Å²) in [6.07, 6.45) is 2.90. The zero-order chi connectivity index (χ0) is 18.9. The second-order valence-electron chi connectivity index (χ2n) is 5.12. The first-order valence-electron chi connectivity index (χ1n) is 7.80. The first-order valence-corrected chi connectivity index (χ1v) is 7.80. The number of anilines is 1. The van der Waals surface area contributed by atoms with Crippen LogP contribution in [0, 0.1) is 11.6 Å². The molecule has 0 aliphatic heterocycles.